The Morgan fingerprint density at radius 2 is 1.71 bits per heavy atom. The van der Waals surface area contributed by atoms with Crippen molar-refractivity contribution in [2.24, 2.45) is 0 Å². The van der Waals surface area contributed by atoms with E-state index < -0.39 is 0 Å². The van der Waals surface area contributed by atoms with Crippen LogP contribution in [0.15, 0.2) is 53.4 Å². The molecule has 0 radical (unpaired) electrons. The molecule has 21 heavy (non-hydrogen) atoms. The third kappa shape index (κ3) is 4.22. The molecule has 1 atom stereocenters. The van der Waals surface area contributed by atoms with E-state index >= 15 is 0 Å². The zero-order valence-corrected chi connectivity index (χ0v) is 13.3. The van der Waals surface area contributed by atoms with Crippen LogP contribution in [0.1, 0.15) is 6.92 Å². The Kier molecular flexibility index (Phi) is 5.26. The summed E-state index contributed by atoms with van der Waals surface area (Å²) in [4.78, 5) is 14.9. The number of carbonyl (C=O) groups excluding carboxylic acids is 1. The SMILES string of the molecule is CC(Sc1ccc(Cl)cc1)C(=O)N(C)c1ccc(F)cc1. The average molecular weight is 324 g/mol. The first-order valence-corrected chi connectivity index (χ1v) is 7.68. The molecule has 0 aliphatic carbocycles. The van der Waals surface area contributed by atoms with Crippen LogP contribution in [0.4, 0.5) is 10.1 Å². The Balaban J connectivity index is 2.04. The molecule has 0 heterocycles. The first kappa shape index (κ1) is 15.9. The van der Waals surface area contributed by atoms with Crippen molar-refractivity contribution in [3.63, 3.8) is 0 Å². The summed E-state index contributed by atoms with van der Waals surface area (Å²) in [5.41, 5.74) is 0.671. The van der Waals surface area contributed by atoms with Gasteiger partial charge in [0.25, 0.3) is 0 Å². The molecule has 110 valence electrons. The number of hydrogen-bond acceptors (Lipinski definition) is 2. The van der Waals surface area contributed by atoms with E-state index in [0.717, 1.165) is 4.90 Å². The second-order valence-corrected chi connectivity index (χ2v) is 6.44. The molecule has 2 aromatic rings. The Labute approximate surface area is 132 Å². The van der Waals surface area contributed by atoms with Gasteiger partial charge < -0.3 is 4.90 Å². The number of halogens is 2. The minimum Gasteiger partial charge on any atom is -0.315 e. The third-order valence-corrected chi connectivity index (χ3v) is 4.37. The smallest absolute Gasteiger partial charge is 0.239 e. The van der Waals surface area contributed by atoms with Crippen LogP contribution in [0.2, 0.25) is 5.02 Å². The molecule has 0 spiro atoms. The molecule has 0 aliphatic rings. The summed E-state index contributed by atoms with van der Waals surface area (Å²) in [6.45, 7) is 1.85. The summed E-state index contributed by atoms with van der Waals surface area (Å²) in [6, 6.07) is 13.2. The van der Waals surface area contributed by atoms with E-state index in [4.69, 9.17) is 11.6 Å². The molecule has 1 unspecified atom stereocenters. The lowest BCUT2D eigenvalue weighted by Gasteiger charge is -2.21. The Morgan fingerprint density at radius 3 is 2.29 bits per heavy atom. The molecule has 0 bridgehead atoms. The fourth-order valence-corrected chi connectivity index (χ4v) is 2.92. The van der Waals surface area contributed by atoms with Crippen LogP contribution in [-0.2, 0) is 4.79 Å². The van der Waals surface area contributed by atoms with Gasteiger partial charge in [0.15, 0.2) is 0 Å². The molecular formula is C16H15ClFNOS. The van der Waals surface area contributed by atoms with Crippen LogP contribution in [0, 0.1) is 5.82 Å². The molecule has 5 heteroatoms. The summed E-state index contributed by atoms with van der Waals surface area (Å²) in [7, 11) is 1.69. The molecule has 0 aromatic heterocycles. The lowest BCUT2D eigenvalue weighted by molar-refractivity contribution is -0.117. The zero-order valence-electron chi connectivity index (χ0n) is 11.7. The third-order valence-electron chi connectivity index (χ3n) is 3.02. The van der Waals surface area contributed by atoms with Crippen LogP contribution in [0.25, 0.3) is 0 Å². The Morgan fingerprint density at radius 1 is 1.14 bits per heavy atom. The summed E-state index contributed by atoms with van der Waals surface area (Å²) in [6.07, 6.45) is 0. The predicted molar refractivity (Wildman–Crippen MR) is 86.6 cm³/mol. The Hall–Kier alpha value is -1.52. The van der Waals surface area contributed by atoms with Crippen LogP contribution < -0.4 is 4.90 Å². The monoisotopic (exact) mass is 323 g/mol. The minimum atomic E-state index is -0.316. The highest BCUT2D eigenvalue weighted by molar-refractivity contribution is 8.00. The lowest BCUT2D eigenvalue weighted by atomic mass is 10.2. The van der Waals surface area contributed by atoms with Crippen molar-refractivity contribution in [2.75, 3.05) is 11.9 Å². The summed E-state index contributed by atoms with van der Waals surface area (Å²) < 4.78 is 12.9. The van der Waals surface area contributed by atoms with Crippen molar-refractivity contribution >= 4 is 35.0 Å². The number of benzene rings is 2. The molecule has 2 aromatic carbocycles. The van der Waals surface area contributed by atoms with Crippen molar-refractivity contribution < 1.29 is 9.18 Å². The number of anilines is 1. The first-order valence-electron chi connectivity index (χ1n) is 6.43. The van der Waals surface area contributed by atoms with Gasteiger partial charge in [-0.2, -0.15) is 0 Å². The van der Waals surface area contributed by atoms with Crippen LogP contribution in [-0.4, -0.2) is 18.2 Å². The fourth-order valence-electron chi connectivity index (χ4n) is 1.83. The van der Waals surface area contributed by atoms with E-state index in [0.29, 0.717) is 10.7 Å². The maximum absolute atomic E-state index is 12.9. The van der Waals surface area contributed by atoms with Gasteiger partial charge in [-0.1, -0.05) is 11.6 Å². The van der Waals surface area contributed by atoms with Gasteiger partial charge in [0.05, 0.1) is 5.25 Å². The first-order chi connectivity index (χ1) is 9.97. The normalized spacial score (nSPS) is 12.0. The van der Waals surface area contributed by atoms with E-state index in [9.17, 15) is 9.18 Å². The number of rotatable bonds is 4. The predicted octanol–water partition coefficient (Wildman–Crippen LogP) is 4.62. The van der Waals surface area contributed by atoms with Crippen LogP contribution >= 0.6 is 23.4 Å². The Bertz CT molecular complexity index is 615. The van der Waals surface area contributed by atoms with Crippen molar-refractivity contribution in [3.8, 4) is 0 Å². The maximum Gasteiger partial charge on any atom is 0.239 e. The molecule has 2 rings (SSSR count). The topological polar surface area (TPSA) is 20.3 Å². The molecule has 2 nitrogen and oxygen atoms in total. The highest BCUT2D eigenvalue weighted by atomic mass is 35.5. The van der Waals surface area contributed by atoms with Crippen molar-refractivity contribution in [1.82, 2.24) is 0 Å². The highest BCUT2D eigenvalue weighted by Gasteiger charge is 2.19. The van der Waals surface area contributed by atoms with Gasteiger partial charge in [-0.05, 0) is 55.5 Å². The van der Waals surface area contributed by atoms with E-state index in [1.807, 2.05) is 19.1 Å². The van der Waals surface area contributed by atoms with Gasteiger partial charge in [0.1, 0.15) is 5.82 Å². The quantitative estimate of drug-likeness (QED) is 0.765. The van der Waals surface area contributed by atoms with Crippen molar-refractivity contribution in [2.45, 2.75) is 17.1 Å². The van der Waals surface area contributed by atoms with Gasteiger partial charge in [0.2, 0.25) is 5.91 Å². The highest BCUT2D eigenvalue weighted by Crippen LogP contribution is 2.27. The zero-order chi connectivity index (χ0) is 15.4. The standard InChI is InChI=1S/C16H15ClFNOS/c1-11(21-15-9-3-12(17)4-10-15)16(20)19(2)14-7-5-13(18)6-8-14/h3-11H,1-2H3. The maximum atomic E-state index is 12.9. The number of carbonyl (C=O) groups is 1. The number of amides is 1. The summed E-state index contributed by atoms with van der Waals surface area (Å²) >= 11 is 7.30. The van der Waals surface area contributed by atoms with Crippen LogP contribution in [0.3, 0.4) is 0 Å². The number of hydrogen-bond donors (Lipinski definition) is 0. The molecule has 0 saturated heterocycles. The van der Waals surface area contributed by atoms with Gasteiger partial charge in [-0.3, -0.25) is 4.79 Å². The summed E-state index contributed by atoms with van der Waals surface area (Å²) in [5, 5.41) is 0.419. The summed E-state index contributed by atoms with van der Waals surface area (Å²) in [5.74, 6) is -0.357. The molecule has 0 saturated carbocycles. The van der Waals surface area contributed by atoms with E-state index in [2.05, 4.69) is 0 Å². The second kappa shape index (κ2) is 6.96. The molecule has 0 fully saturated rings. The van der Waals surface area contributed by atoms with Gasteiger partial charge in [-0.25, -0.2) is 4.39 Å². The largest absolute Gasteiger partial charge is 0.315 e. The number of thioether (sulfide) groups is 1. The minimum absolute atomic E-state index is 0.0402. The van der Waals surface area contributed by atoms with Gasteiger partial charge in [-0.15, -0.1) is 11.8 Å². The van der Waals surface area contributed by atoms with E-state index in [1.54, 1.807) is 31.3 Å². The van der Waals surface area contributed by atoms with Crippen molar-refractivity contribution in [3.05, 3.63) is 59.4 Å². The fraction of sp³-hybridized carbons (Fsp3) is 0.188. The molecular weight excluding hydrogens is 309 g/mol. The van der Waals surface area contributed by atoms with Gasteiger partial charge in [0, 0.05) is 22.7 Å². The van der Waals surface area contributed by atoms with E-state index in [1.165, 1.54) is 28.8 Å². The van der Waals surface area contributed by atoms with Crippen molar-refractivity contribution in [1.29, 1.82) is 0 Å². The molecule has 1 amide bonds. The lowest BCUT2D eigenvalue weighted by Crippen LogP contribution is -2.33. The molecule has 0 N–H and O–H groups in total. The molecule has 0 aliphatic heterocycles. The van der Waals surface area contributed by atoms with Gasteiger partial charge >= 0.3 is 0 Å². The average Bonchev–Trinajstić information content (AvgIpc) is 2.49. The second-order valence-electron chi connectivity index (χ2n) is 4.59. The van der Waals surface area contributed by atoms with E-state index in [-0.39, 0.29) is 17.0 Å². The van der Waals surface area contributed by atoms with Crippen LogP contribution in [0.5, 0.6) is 0 Å². The number of nitrogens with zero attached hydrogens (tertiary/aromatic N) is 1.